The molecule has 0 aliphatic carbocycles. The molecule has 0 bridgehead atoms. The van der Waals surface area contributed by atoms with Crippen molar-refractivity contribution in [2.75, 3.05) is 19.0 Å². The Bertz CT molecular complexity index is 879. The molecule has 0 unspecified atom stereocenters. The lowest BCUT2D eigenvalue weighted by Crippen LogP contribution is -2.22. The number of esters is 1. The van der Waals surface area contributed by atoms with Crippen molar-refractivity contribution in [1.82, 2.24) is 0 Å². The van der Waals surface area contributed by atoms with Crippen molar-refractivity contribution in [1.29, 1.82) is 0 Å². The molecule has 0 aromatic heterocycles. The summed E-state index contributed by atoms with van der Waals surface area (Å²) >= 11 is 5.88. The molecule has 0 heterocycles. The predicted octanol–water partition coefficient (Wildman–Crippen LogP) is 3.58. The first-order chi connectivity index (χ1) is 12.8. The number of Topliss-reactive ketones (excluding diaryl/α,β-unsaturated/α-hetero) is 1. The van der Waals surface area contributed by atoms with Crippen molar-refractivity contribution in [3.8, 4) is 5.75 Å². The van der Waals surface area contributed by atoms with Crippen LogP contribution in [0.2, 0.25) is 5.02 Å². The molecule has 0 saturated heterocycles. The minimum Gasteiger partial charge on any atom is -0.496 e. The molecule has 0 aliphatic heterocycles. The van der Waals surface area contributed by atoms with Crippen LogP contribution in [-0.2, 0) is 20.7 Å². The topological polar surface area (TPSA) is 81.7 Å². The van der Waals surface area contributed by atoms with Gasteiger partial charge in [0.25, 0.3) is 5.91 Å². The van der Waals surface area contributed by atoms with Crippen LogP contribution in [0.3, 0.4) is 0 Å². The van der Waals surface area contributed by atoms with E-state index in [1.54, 1.807) is 36.4 Å². The minimum atomic E-state index is -0.600. The average molecular weight is 390 g/mol. The first-order valence-corrected chi connectivity index (χ1v) is 8.57. The van der Waals surface area contributed by atoms with Crippen LogP contribution in [0.4, 0.5) is 5.69 Å². The van der Waals surface area contributed by atoms with Crippen molar-refractivity contribution in [2.24, 2.45) is 0 Å². The van der Waals surface area contributed by atoms with E-state index < -0.39 is 18.5 Å². The summed E-state index contributed by atoms with van der Waals surface area (Å²) in [5.74, 6) is -0.710. The maximum Gasteiger partial charge on any atom is 0.310 e. The monoisotopic (exact) mass is 389 g/mol. The highest BCUT2D eigenvalue weighted by Gasteiger charge is 2.14. The van der Waals surface area contributed by atoms with Gasteiger partial charge in [0, 0.05) is 21.8 Å². The molecular weight excluding hydrogens is 370 g/mol. The minimum absolute atomic E-state index is 0.114. The highest BCUT2D eigenvalue weighted by molar-refractivity contribution is 6.30. The lowest BCUT2D eigenvalue weighted by Gasteiger charge is -2.11. The molecule has 0 aliphatic rings. The molecule has 1 amide bonds. The zero-order valence-electron chi connectivity index (χ0n) is 15.3. The Labute approximate surface area is 162 Å². The van der Waals surface area contributed by atoms with Crippen LogP contribution < -0.4 is 10.1 Å². The average Bonchev–Trinajstić information content (AvgIpc) is 2.62. The van der Waals surface area contributed by atoms with Crippen molar-refractivity contribution in [3.63, 3.8) is 0 Å². The van der Waals surface area contributed by atoms with E-state index in [0.29, 0.717) is 27.6 Å². The SMILES string of the molecule is COc1ccc(C(C)=O)cc1CC(=O)OCC(=O)Nc1ccc(Cl)cc1C. The van der Waals surface area contributed by atoms with E-state index in [1.165, 1.54) is 14.0 Å². The molecule has 0 spiro atoms. The van der Waals surface area contributed by atoms with Crippen LogP contribution in [0.1, 0.15) is 28.4 Å². The summed E-state index contributed by atoms with van der Waals surface area (Å²) in [6, 6.07) is 9.88. The fourth-order valence-corrected chi connectivity index (χ4v) is 2.67. The second-order valence-electron chi connectivity index (χ2n) is 5.93. The van der Waals surface area contributed by atoms with Gasteiger partial charge in [0.2, 0.25) is 0 Å². The van der Waals surface area contributed by atoms with Crippen LogP contribution in [0.15, 0.2) is 36.4 Å². The molecule has 27 heavy (non-hydrogen) atoms. The summed E-state index contributed by atoms with van der Waals surface area (Å²) in [5.41, 5.74) is 2.38. The molecule has 0 radical (unpaired) electrons. The van der Waals surface area contributed by atoms with Gasteiger partial charge in [-0.25, -0.2) is 0 Å². The lowest BCUT2D eigenvalue weighted by atomic mass is 10.0. The van der Waals surface area contributed by atoms with Gasteiger partial charge in [0.1, 0.15) is 5.75 Å². The number of nitrogens with one attached hydrogen (secondary N) is 1. The summed E-state index contributed by atoms with van der Waals surface area (Å²) in [7, 11) is 1.47. The molecule has 0 atom stereocenters. The second-order valence-corrected chi connectivity index (χ2v) is 6.36. The van der Waals surface area contributed by atoms with E-state index in [4.69, 9.17) is 21.1 Å². The zero-order chi connectivity index (χ0) is 20.0. The number of aryl methyl sites for hydroxylation is 1. The standard InChI is InChI=1S/C20H20ClNO5/c1-12-8-16(21)5-6-17(12)22-19(24)11-27-20(25)10-15-9-14(13(2)23)4-7-18(15)26-3/h4-9H,10-11H2,1-3H3,(H,22,24). The summed E-state index contributed by atoms with van der Waals surface area (Å²) in [5, 5.41) is 3.23. The smallest absolute Gasteiger partial charge is 0.310 e. The number of carbonyl (C=O) groups is 3. The van der Waals surface area contributed by atoms with Crippen molar-refractivity contribution >= 4 is 34.9 Å². The van der Waals surface area contributed by atoms with Crippen molar-refractivity contribution in [3.05, 3.63) is 58.1 Å². The van der Waals surface area contributed by atoms with Gasteiger partial charge in [-0.15, -0.1) is 0 Å². The number of hydrogen-bond acceptors (Lipinski definition) is 5. The molecule has 2 rings (SSSR count). The predicted molar refractivity (Wildman–Crippen MR) is 102 cm³/mol. The number of ketones is 1. The number of carbonyl (C=O) groups excluding carboxylic acids is 3. The van der Waals surface area contributed by atoms with Gasteiger partial charge in [-0.1, -0.05) is 11.6 Å². The number of halogens is 1. The van der Waals surface area contributed by atoms with E-state index in [2.05, 4.69) is 5.32 Å². The van der Waals surface area contributed by atoms with Crippen LogP contribution >= 0.6 is 11.6 Å². The van der Waals surface area contributed by atoms with E-state index in [0.717, 1.165) is 5.56 Å². The normalized spacial score (nSPS) is 10.2. The molecule has 0 fully saturated rings. The Morgan fingerprint density at radius 2 is 1.85 bits per heavy atom. The molecular formula is C20H20ClNO5. The van der Waals surface area contributed by atoms with Gasteiger partial charge in [-0.2, -0.15) is 0 Å². The van der Waals surface area contributed by atoms with Gasteiger partial charge in [0.05, 0.1) is 13.5 Å². The Hall–Kier alpha value is -2.86. The van der Waals surface area contributed by atoms with Crippen molar-refractivity contribution < 1.29 is 23.9 Å². The second kappa shape index (κ2) is 9.19. The maximum atomic E-state index is 12.1. The Morgan fingerprint density at radius 3 is 2.48 bits per heavy atom. The molecule has 0 saturated carbocycles. The summed E-state index contributed by atoms with van der Waals surface area (Å²) < 4.78 is 10.2. The highest BCUT2D eigenvalue weighted by atomic mass is 35.5. The fourth-order valence-electron chi connectivity index (χ4n) is 2.44. The van der Waals surface area contributed by atoms with E-state index >= 15 is 0 Å². The van der Waals surface area contributed by atoms with E-state index in [1.807, 2.05) is 6.92 Å². The molecule has 2 aromatic rings. The van der Waals surface area contributed by atoms with E-state index in [9.17, 15) is 14.4 Å². The number of anilines is 1. The quantitative estimate of drug-likeness (QED) is 0.578. The zero-order valence-corrected chi connectivity index (χ0v) is 16.1. The molecule has 2 aromatic carbocycles. The number of rotatable bonds is 7. The maximum absolute atomic E-state index is 12.1. The molecule has 1 N–H and O–H groups in total. The Balaban J connectivity index is 1.95. The first-order valence-electron chi connectivity index (χ1n) is 8.19. The number of benzene rings is 2. The third-order valence-electron chi connectivity index (χ3n) is 3.85. The molecule has 6 nitrogen and oxygen atoms in total. The van der Waals surface area contributed by atoms with Crippen LogP contribution in [0.5, 0.6) is 5.75 Å². The lowest BCUT2D eigenvalue weighted by molar-refractivity contribution is -0.146. The molecule has 142 valence electrons. The van der Waals surface area contributed by atoms with Gasteiger partial charge in [-0.05, 0) is 55.8 Å². The van der Waals surface area contributed by atoms with Gasteiger partial charge >= 0.3 is 5.97 Å². The number of hydrogen-bond donors (Lipinski definition) is 1. The van der Waals surface area contributed by atoms with Crippen LogP contribution in [-0.4, -0.2) is 31.4 Å². The van der Waals surface area contributed by atoms with Crippen molar-refractivity contribution in [2.45, 2.75) is 20.3 Å². The summed E-state index contributed by atoms with van der Waals surface area (Å²) in [6.07, 6.45) is -0.114. The third-order valence-corrected chi connectivity index (χ3v) is 4.08. The first kappa shape index (κ1) is 20.5. The van der Waals surface area contributed by atoms with Crippen LogP contribution in [0, 0.1) is 6.92 Å². The molecule has 7 heteroatoms. The van der Waals surface area contributed by atoms with Gasteiger partial charge in [0.15, 0.2) is 12.4 Å². The summed E-state index contributed by atoms with van der Waals surface area (Å²) in [4.78, 5) is 35.6. The van der Waals surface area contributed by atoms with Gasteiger partial charge in [-0.3, -0.25) is 14.4 Å². The largest absolute Gasteiger partial charge is 0.496 e. The van der Waals surface area contributed by atoms with Crippen LogP contribution in [0.25, 0.3) is 0 Å². The van der Waals surface area contributed by atoms with E-state index in [-0.39, 0.29) is 12.2 Å². The fraction of sp³-hybridized carbons (Fsp3) is 0.250. The Morgan fingerprint density at radius 1 is 1.11 bits per heavy atom. The highest BCUT2D eigenvalue weighted by Crippen LogP contribution is 2.22. The summed E-state index contributed by atoms with van der Waals surface area (Å²) in [6.45, 7) is 2.82. The number of methoxy groups -OCH3 is 1. The number of ether oxygens (including phenoxy) is 2. The Kier molecular flexibility index (Phi) is 6.96. The third kappa shape index (κ3) is 5.82. The van der Waals surface area contributed by atoms with Gasteiger partial charge < -0.3 is 14.8 Å². The number of amides is 1.